The maximum atomic E-state index is 13.7. The second-order valence-corrected chi connectivity index (χ2v) is 9.20. The highest BCUT2D eigenvalue weighted by Gasteiger charge is 2.32. The van der Waals surface area contributed by atoms with Crippen molar-refractivity contribution in [3.05, 3.63) is 53.6 Å². The third-order valence-electron chi connectivity index (χ3n) is 5.82. The van der Waals surface area contributed by atoms with Crippen LogP contribution in [-0.4, -0.2) is 42.0 Å². The van der Waals surface area contributed by atoms with E-state index >= 15 is 0 Å². The van der Waals surface area contributed by atoms with E-state index in [1.54, 1.807) is 29.2 Å². The van der Waals surface area contributed by atoms with Crippen LogP contribution in [0.5, 0.6) is 0 Å². The highest BCUT2D eigenvalue weighted by Crippen LogP contribution is 2.32. The van der Waals surface area contributed by atoms with Gasteiger partial charge in [0.15, 0.2) is 5.13 Å². The molecular formula is C24H23N3O4S. The third kappa shape index (κ3) is 3.91. The van der Waals surface area contributed by atoms with Gasteiger partial charge in [-0.25, -0.2) is 4.98 Å². The van der Waals surface area contributed by atoms with E-state index < -0.39 is 0 Å². The summed E-state index contributed by atoms with van der Waals surface area (Å²) in [4.78, 5) is 45.5. The molecule has 7 nitrogen and oxygen atoms in total. The number of anilines is 2. The van der Waals surface area contributed by atoms with Gasteiger partial charge in [0.2, 0.25) is 11.8 Å². The van der Waals surface area contributed by atoms with Crippen LogP contribution >= 0.6 is 11.3 Å². The number of aryl methyl sites for hydroxylation is 1. The van der Waals surface area contributed by atoms with E-state index in [4.69, 9.17) is 9.72 Å². The van der Waals surface area contributed by atoms with E-state index in [0.717, 1.165) is 28.6 Å². The molecule has 0 aliphatic carbocycles. The van der Waals surface area contributed by atoms with Crippen LogP contribution in [0.25, 0.3) is 10.2 Å². The Morgan fingerprint density at radius 3 is 2.75 bits per heavy atom. The van der Waals surface area contributed by atoms with Gasteiger partial charge in [-0.15, -0.1) is 0 Å². The minimum absolute atomic E-state index is 0.0439. The molecule has 2 saturated heterocycles. The first-order chi connectivity index (χ1) is 15.5. The molecule has 1 aromatic heterocycles. The molecular weight excluding hydrogens is 426 g/mol. The molecule has 2 fully saturated rings. The maximum absolute atomic E-state index is 13.7. The summed E-state index contributed by atoms with van der Waals surface area (Å²) in [6.07, 6.45) is 2.23. The number of fused-ring (bicyclic) bond motifs is 1. The Labute approximate surface area is 189 Å². The molecule has 0 bridgehead atoms. The maximum Gasteiger partial charge on any atom is 0.260 e. The number of amides is 3. The van der Waals surface area contributed by atoms with Gasteiger partial charge in [-0.3, -0.25) is 24.2 Å². The van der Waals surface area contributed by atoms with Gasteiger partial charge >= 0.3 is 0 Å². The summed E-state index contributed by atoms with van der Waals surface area (Å²) in [7, 11) is 0. The molecule has 0 radical (unpaired) electrons. The number of hydrogen-bond acceptors (Lipinski definition) is 6. The van der Waals surface area contributed by atoms with Gasteiger partial charge in [-0.2, -0.15) is 0 Å². The average Bonchev–Trinajstić information content (AvgIpc) is 3.52. The molecule has 2 aliphatic rings. The first kappa shape index (κ1) is 20.8. The number of imide groups is 1. The zero-order chi connectivity index (χ0) is 22.2. The summed E-state index contributed by atoms with van der Waals surface area (Å²) in [6, 6.07) is 12.7. The molecule has 5 rings (SSSR count). The van der Waals surface area contributed by atoms with Crippen molar-refractivity contribution < 1.29 is 19.1 Å². The molecule has 3 heterocycles. The first-order valence-electron chi connectivity index (χ1n) is 10.8. The SMILES string of the molecule is Cc1ccc2nc(N(CC3CCCO3)C(=O)c3cccc(N4C(=O)CCC4=O)c3)sc2c1. The Balaban J connectivity index is 1.50. The number of nitrogens with zero attached hydrogens (tertiary/aromatic N) is 3. The number of thiazole rings is 1. The standard InChI is InChI=1S/C24H23N3O4S/c1-15-7-8-19-20(12-15)32-24(25-19)26(14-18-6-3-11-31-18)23(30)16-4-2-5-17(13-16)27-21(28)9-10-22(27)29/h2,4-5,7-8,12-13,18H,3,6,9-11,14H2,1H3. The first-order valence-corrected chi connectivity index (χ1v) is 11.6. The van der Waals surface area contributed by atoms with Gasteiger partial charge in [-0.05, 0) is 55.7 Å². The van der Waals surface area contributed by atoms with Crippen molar-refractivity contribution in [2.75, 3.05) is 23.0 Å². The van der Waals surface area contributed by atoms with E-state index in [9.17, 15) is 14.4 Å². The van der Waals surface area contributed by atoms with Gasteiger partial charge in [-0.1, -0.05) is 23.5 Å². The van der Waals surface area contributed by atoms with Gasteiger partial charge in [0.1, 0.15) is 0 Å². The minimum atomic E-state index is -0.239. The Hall–Kier alpha value is -3.10. The zero-order valence-corrected chi connectivity index (χ0v) is 18.6. The topological polar surface area (TPSA) is 79.8 Å². The molecule has 0 N–H and O–H groups in total. The van der Waals surface area contributed by atoms with Crippen LogP contribution in [0.3, 0.4) is 0 Å². The zero-order valence-electron chi connectivity index (χ0n) is 17.7. The molecule has 0 saturated carbocycles. The van der Waals surface area contributed by atoms with Crippen molar-refractivity contribution in [3.8, 4) is 0 Å². The Kier molecular flexibility index (Phi) is 5.48. The largest absolute Gasteiger partial charge is 0.376 e. The molecule has 0 spiro atoms. The number of rotatable bonds is 5. The fourth-order valence-electron chi connectivity index (χ4n) is 4.17. The van der Waals surface area contributed by atoms with Crippen molar-refractivity contribution >= 4 is 50.1 Å². The lowest BCUT2D eigenvalue weighted by Gasteiger charge is -2.23. The van der Waals surface area contributed by atoms with E-state index in [1.165, 1.54) is 16.2 Å². The lowest BCUT2D eigenvalue weighted by molar-refractivity contribution is -0.121. The van der Waals surface area contributed by atoms with Crippen LogP contribution < -0.4 is 9.80 Å². The summed E-state index contributed by atoms with van der Waals surface area (Å²) in [5, 5.41) is 0.616. The number of benzene rings is 2. The van der Waals surface area contributed by atoms with Crippen molar-refractivity contribution in [3.63, 3.8) is 0 Å². The number of carbonyl (C=O) groups excluding carboxylic acids is 3. The highest BCUT2D eigenvalue weighted by atomic mass is 32.1. The molecule has 3 amide bonds. The molecule has 1 unspecified atom stereocenters. The smallest absolute Gasteiger partial charge is 0.260 e. The van der Waals surface area contributed by atoms with E-state index in [-0.39, 0.29) is 36.7 Å². The summed E-state index contributed by atoms with van der Waals surface area (Å²) in [5.41, 5.74) is 2.82. The molecule has 3 aromatic rings. The molecule has 32 heavy (non-hydrogen) atoms. The van der Waals surface area contributed by atoms with Crippen LogP contribution in [0.1, 0.15) is 41.6 Å². The second kappa shape index (κ2) is 8.44. The summed E-state index contributed by atoms with van der Waals surface area (Å²) < 4.78 is 6.82. The third-order valence-corrected chi connectivity index (χ3v) is 6.86. The van der Waals surface area contributed by atoms with Crippen LogP contribution in [0.4, 0.5) is 10.8 Å². The molecule has 1 atom stereocenters. The molecule has 2 aliphatic heterocycles. The van der Waals surface area contributed by atoms with Crippen molar-refractivity contribution in [2.45, 2.75) is 38.7 Å². The van der Waals surface area contributed by atoms with Gasteiger partial charge in [0.25, 0.3) is 5.91 Å². The van der Waals surface area contributed by atoms with Gasteiger partial charge < -0.3 is 4.74 Å². The minimum Gasteiger partial charge on any atom is -0.376 e. The normalized spacial score (nSPS) is 18.7. The van der Waals surface area contributed by atoms with E-state index in [1.807, 2.05) is 19.1 Å². The number of carbonyl (C=O) groups is 3. The van der Waals surface area contributed by atoms with Crippen molar-refractivity contribution in [1.82, 2.24) is 4.98 Å². The lowest BCUT2D eigenvalue weighted by atomic mass is 10.1. The van der Waals surface area contributed by atoms with E-state index in [0.29, 0.717) is 29.5 Å². The van der Waals surface area contributed by atoms with Crippen molar-refractivity contribution in [2.24, 2.45) is 0 Å². The number of aromatic nitrogens is 1. The summed E-state index contributed by atoms with van der Waals surface area (Å²) in [5.74, 6) is -0.702. The fourth-order valence-corrected chi connectivity index (χ4v) is 5.24. The molecule has 8 heteroatoms. The van der Waals surface area contributed by atoms with Crippen LogP contribution in [0.2, 0.25) is 0 Å². The number of ether oxygens (including phenoxy) is 1. The van der Waals surface area contributed by atoms with Crippen LogP contribution in [-0.2, 0) is 14.3 Å². The van der Waals surface area contributed by atoms with Crippen molar-refractivity contribution in [1.29, 1.82) is 0 Å². The van der Waals surface area contributed by atoms with E-state index in [2.05, 4.69) is 6.07 Å². The lowest BCUT2D eigenvalue weighted by Crippen LogP contribution is -2.37. The predicted octanol–water partition coefficient (Wildman–Crippen LogP) is 4.08. The van der Waals surface area contributed by atoms with Gasteiger partial charge in [0.05, 0.1) is 28.6 Å². The summed E-state index contributed by atoms with van der Waals surface area (Å²) >= 11 is 1.48. The van der Waals surface area contributed by atoms with Gasteiger partial charge in [0, 0.05) is 25.0 Å². The quantitative estimate of drug-likeness (QED) is 0.548. The number of hydrogen-bond donors (Lipinski definition) is 0. The fraction of sp³-hybridized carbons (Fsp3) is 0.333. The molecule has 2 aromatic carbocycles. The monoisotopic (exact) mass is 449 g/mol. The molecule has 164 valence electrons. The predicted molar refractivity (Wildman–Crippen MR) is 123 cm³/mol. The Bertz CT molecular complexity index is 1200. The average molecular weight is 450 g/mol. The Morgan fingerprint density at radius 1 is 1.19 bits per heavy atom. The van der Waals surface area contributed by atoms with Crippen LogP contribution in [0, 0.1) is 6.92 Å². The Morgan fingerprint density at radius 2 is 2.00 bits per heavy atom. The second-order valence-electron chi connectivity index (χ2n) is 8.19. The van der Waals surface area contributed by atoms with Crippen LogP contribution in [0.15, 0.2) is 42.5 Å². The summed E-state index contributed by atoms with van der Waals surface area (Å²) in [6.45, 7) is 3.13. The highest BCUT2D eigenvalue weighted by molar-refractivity contribution is 7.22.